The Kier molecular flexibility index (Phi) is 15.1. The number of allylic oxidation sites excluding steroid dienone is 2. The molecule has 1 fully saturated rings. The summed E-state index contributed by atoms with van der Waals surface area (Å²) in [6.07, 6.45) is 12.3. The van der Waals surface area contributed by atoms with Gasteiger partial charge in [-0.05, 0) is 71.9 Å². The molecule has 1 unspecified atom stereocenters. The van der Waals surface area contributed by atoms with E-state index in [1.54, 1.807) is 24.3 Å². The van der Waals surface area contributed by atoms with Crippen molar-refractivity contribution in [3.8, 4) is 5.75 Å². The minimum absolute atomic E-state index is 0.123. The van der Waals surface area contributed by atoms with Crippen LogP contribution in [0.4, 0.5) is 0 Å². The maximum Gasteiger partial charge on any atom is 0.328 e. The van der Waals surface area contributed by atoms with Gasteiger partial charge in [0, 0.05) is 25.2 Å². The molecule has 1 aromatic rings. The van der Waals surface area contributed by atoms with E-state index in [4.69, 9.17) is 4.74 Å². The quantitative estimate of drug-likeness (QED) is 0.0781. The maximum atomic E-state index is 12.5. The number of carbonyl (C=O) groups is 2. The number of esters is 1. The standard InChI is InChI=1S/C30H44INO7/c1-3-4-7-10-21(33)14-15-23-22(27(35)19-28(23)36)11-8-5-6-9-12-29(37)32-25(30(38)39-2)18-20-13-16-26(34)24(31)17-20/h5,8,13-17,21-23,25,27-28,33-36H,3-4,6-7,9-12,18-19H2,1-2H3,(H,32,37)/b8-5-,15-14+/t21-,22+,23+,25?,27-,28+/m0/s1/i31-2. The number of nitrogens with one attached hydrogen (secondary N) is 1. The van der Waals surface area contributed by atoms with Gasteiger partial charge in [-0.2, -0.15) is 0 Å². The number of rotatable bonds is 16. The number of benzene rings is 1. The first-order valence-corrected chi connectivity index (χ1v) is 15.0. The van der Waals surface area contributed by atoms with E-state index >= 15 is 0 Å². The fourth-order valence-electron chi connectivity index (χ4n) is 4.93. The molecule has 8 nitrogen and oxygen atoms in total. The number of unbranched alkanes of at least 4 members (excludes halogenated alkanes) is 3. The summed E-state index contributed by atoms with van der Waals surface area (Å²) in [6, 6.07) is 4.21. The van der Waals surface area contributed by atoms with Gasteiger partial charge in [-0.25, -0.2) is 4.79 Å². The van der Waals surface area contributed by atoms with Gasteiger partial charge in [0.25, 0.3) is 0 Å². The molecule has 1 aliphatic carbocycles. The van der Waals surface area contributed by atoms with Crippen LogP contribution < -0.4 is 5.32 Å². The van der Waals surface area contributed by atoms with E-state index in [1.807, 2.05) is 40.8 Å². The molecular weight excluding hydrogens is 611 g/mol. The number of aliphatic hydroxyl groups is 3. The third-order valence-corrected chi connectivity index (χ3v) is 8.06. The van der Waals surface area contributed by atoms with Crippen LogP contribution in [-0.2, 0) is 20.7 Å². The van der Waals surface area contributed by atoms with E-state index in [9.17, 15) is 30.0 Å². The number of phenols is 1. The molecule has 218 valence electrons. The van der Waals surface area contributed by atoms with Crippen LogP contribution >= 0.6 is 22.6 Å². The second kappa shape index (κ2) is 17.7. The van der Waals surface area contributed by atoms with Crippen LogP contribution in [0.3, 0.4) is 0 Å². The number of carbonyl (C=O) groups excluding carboxylic acids is 2. The molecule has 2 rings (SSSR count). The van der Waals surface area contributed by atoms with E-state index in [0.717, 1.165) is 24.8 Å². The maximum absolute atomic E-state index is 12.5. The molecule has 6 atom stereocenters. The summed E-state index contributed by atoms with van der Waals surface area (Å²) in [5.74, 6) is -0.941. The van der Waals surface area contributed by atoms with E-state index in [0.29, 0.717) is 35.7 Å². The lowest BCUT2D eigenvalue weighted by molar-refractivity contribution is -0.145. The van der Waals surface area contributed by atoms with Gasteiger partial charge in [0.1, 0.15) is 11.8 Å². The van der Waals surface area contributed by atoms with Crippen LogP contribution in [0.5, 0.6) is 5.75 Å². The van der Waals surface area contributed by atoms with Crippen molar-refractivity contribution in [3.05, 3.63) is 51.6 Å². The number of hydrogen-bond acceptors (Lipinski definition) is 7. The molecule has 9 heteroatoms. The fourth-order valence-corrected chi connectivity index (χ4v) is 5.51. The van der Waals surface area contributed by atoms with Crippen molar-refractivity contribution in [1.82, 2.24) is 5.32 Å². The first-order valence-electron chi connectivity index (χ1n) is 13.9. The predicted molar refractivity (Wildman–Crippen MR) is 159 cm³/mol. The molecule has 0 bridgehead atoms. The van der Waals surface area contributed by atoms with Crippen molar-refractivity contribution in [1.29, 1.82) is 0 Å². The molecule has 0 saturated heterocycles. The Balaban J connectivity index is 1.79. The number of ether oxygens (including phenoxy) is 1. The summed E-state index contributed by atoms with van der Waals surface area (Å²) in [6.45, 7) is 2.12. The third kappa shape index (κ3) is 11.6. The predicted octanol–water partition coefficient (Wildman–Crippen LogP) is 4.17. The SMILES string of the molecule is CCCCC[C@H](O)/C=C/[C@@H]1[C@@H](C/C=C\CCCC(=O)NC(Cc2ccc(O)c([125I])c2)C(=O)OC)[C@@H](O)C[C@H]1O. The lowest BCUT2D eigenvalue weighted by atomic mass is 9.89. The molecule has 1 aliphatic rings. The summed E-state index contributed by atoms with van der Waals surface area (Å²) in [5.41, 5.74) is 0.800. The van der Waals surface area contributed by atoms with Crippen molar-refractivity contribution < 1.29 is 34.8 Å². The first-order chi connectivity index (χ1) is 18.7. The Bertz CT molecular complexity index is 967. The summed E-state index contributed by atoms with van der Waals surface area (Å²) in [7, 11) is 1.28. The molecule has 1 aromatic carbocycles. The van der Waals surface area contributed by atoms with Gasteiger partial charge in [0.2, 0.25) is 5.91 Å². The summed E-state index contributed by atoms with van der Waals surface area (Å²) >= 11 is 2.01. The van der Waals surface area contributed by atoms with E-state index in [-0.39, 0.29) is 36.3 Å². The van der Waals surface area contributed by atoms with Gasteiger partial charge in [0.15, 0.2) is 0 Å². The van der Waals surface area contributed by atoms with Crippen LogP contribution in [-0.4, -0.2) is 63.8 Å². The minimum Gasteiger partial charge on any atom is -0.507 e. The fraction of sp³-hybridized carbons (Fsp3) is 0.600. The second-order valence-corrected chi connectivity index (χ2v) is 11.5. The van der Waals surface area contributed by atoms with Gasteiger partial charge >= 0.3 is 5.97 Å². The highest BCUT2D eigenvalue weighted by atomic mass is 125. The molecule has 39 heavy (non-hydrogen) atoms. The van der Waals surface area contributed by atoms with Crippen LogP contribution in [0.25, 0.3) is 0 Å². The Morgan fingerprint density at radius 1 is 1.18 bits per heavy atom. The molecule has 0 aliphatic heterocycles. The van der Waals surface area contributed by atoms with Gasteiger partial charge in [-0.15, -0.1) is 0 Å². The van der Waals surface area contributed by atoms with Gasteiger partial charge in [-0.3, -0.25) is 4.79 Å². The molecule has 1 saturated carbocycles. The average Bonchev–Trinajstić information content (AvgIpc) is 3.17. The first kappa shape index (κ1) is 33.3. The smallest absolute Gasteiger partial charge is 0.328 e. The number of amides is 1. The summed E-state index contributed by atoms with van der Waals surface area (Å²) in [5, 5.41) is 43.5. The van der Waals surface area contributed by atoms with Crippen molar-refractivity contribution in [2.24, 2.45) is 11.8 Å². The molecule has 1 amide bonds. The topological polar surface area (TPSA) is 136 Å². The second-order valence-electron chi connectivity index (χ2n) is 10.3. The number of aromatic hydroxyl groups is 1. The van der Waals surface area contributed by atoms with Gasteiger partial charge < -0.3 is 30.5 Å². The highest BCUT2D eigenvalue weighted by molar-refractivity contribution is 14.1. The summed E-state index contributed by atoms with van der Waals surface area (Å²) in [4.78, 5) is 24.7. The number of methoxy groups -OCH3 is 1. The van der Waals surface area contributed by atoms with E-state index in [1.165, 1.54) is 7.11 Å². The lowest BCUT2D eigenvalue weighted by Crippen LogP contribution is -2.43. The van der Waals surface area contributed by atoms with Gasteiger partial charge in [0.05, 0.1) is 29.0 Å². The monoisotopic (exact) mass is 655 g/mol. The summed E-state index contributed by atoms with van der Waals surface area (Å²) < 4.78 is 5.51. The Hall–Kier alpha value is -1.95. The number of hydrogen-bond donors (Lipinski definition) is 5. The van der Waals surface area contributed by atoms with Crippen LogP contribution in [0.2, 0.25) is 0 Å². The number of phenolic OH excluding ortho intramolecular Hbond substituents is 1. The van der Waals surface area contributed by atoms with Crippen molar-refractivity contribution in [2.75, 3.05) is 7.11 Å². The number of aliphatic hydroxyl groups excluding tert-OH is 3. The van der Waals surface area contributed by atoms with Crippen LogP contribution in [0.15, 0.2) is 42.5 Å². The highest BCUT2D eigenvalue weighted by Gasteiger charge is 2.39. The van der Waals surface area contributed by atoms with Crippen molar-refractivity contribution >= 4 is 34.5 Å². The number of halogens is 1. The molecule has 0 heterocycles. The normalized spacial score (nSPS) is 22.8. The van der Waals surface area contributed by atoms with Crippen molar-refractivity contribution in [2.45, 2.75) is 95.5 Å². The zero-order valence-corrected chi connectivity index (χ0v) is 25.1. The Morgan fingerprint density at radius 2 is 1.95 bits per heavy atom. The average molecular weight is 656 g/mol. The zero-order valence-electron chi connectivity index (χ0n) is 23.0. The van der Waals surface area contributed by atoms with Crippen LogP contribution in [0.1, 0.15) is 70.3 Å². The van der Waals surface area contributed by atoms with Crippen LogP contribution in [0, 0.1) is 15.4 Å². The van der Waals surface area contributed by atoms with Gasteiger partial charge in [-0.1, -0.05) is 56.6 Å². The van der Waals surface area contributed by atoms with E-state index < -0.39 is 30.3 Å². The Morgan fingerprint density at radius 3 is 2.64 bits per heavy atom. The minimum atomic E-state index is -0.816. The molecule has 0 spiro atoms. The molecular formula is C30H44INO7. The molecule has 5 N–H and O–H groups in total. The van der Waals surface area contributed by atoms with Crippen molar-refractivity contribution in [3.63, 3.8) is 0 Å². The zero-order chi connectivity index (χ0) is 28.8. The molecule has 0 radical (unpaired) electrons. The Labute approximate surface area is 245 Å². The molecule has 0 aromatic heterocycles. The lowest BCUT2D eigenvalue weighted by Gasteiger charge is -2.19. The largest absolute Gasteiger partial charge is 0.507 e. The van der Waals surface area contributed by atoms with E-state index in [2.05, 4.69) is 12.2 Å². The highest BCUT2D eigenvalue weighted by Crippen LogP contribution is 2.36. The third-order valence-electron chi connectivity index (χ3n) is 7.20.